The predicted molar refractivity (Wildman–Crippen MR) is 238 cm³/mol. The van der Waals surface area contributed by atoms with E-state index in [1.807, 2.05) is 12.1 Å². The molecular formula is C51H62F6N2O6. The first-order valence-electron chi connectivity index (χ1n) is 23.3. The summed E-state index contributed by atoms with van der Waals surface area (Å²) in [6.07, 6.45) is 0.204. The van der Waals surface area contributed by atoms with Gasteiger partial charge in [0, 0.05) is 13.1 Å². The number of ether oxygens (including phenoxy) is 3. The first-order valence-corrected chi connectivity index (χ1v) is 23.3. The highest BCUT2D eigenvalue weighted by molar-refractivity contribution is 5.92. The molecule has 2 saturated carbocycles. The lowest BCUT2D eigenvalue weighted by Crippen LogP contribution is -2.36. The molecule has 2 aliphatic heterocycles. The van der Waals surface area contributed by atoms with Crippen molar-refractivity contribution in [3.63, 3.8) is 0 Å². The summed E-state index contributed by atoms with van der Waals surface area (Å²) in [4.78, 5) is 27.3. The Bertz CT molecular complexity index is 2250. The maximum absolute atomic E-state index is 14.2. The summed E-state index contributed by atoms with van der Waals surface area (Å²) < 4.78 is 102. The SMILES string of the molecule is CC1CCC(Oc2ccc3c(CN4CCC(C(=O)O)CC4)cccc3c2C(F)(F)F)CC1.COC(=O)C1CCN(Cc2cccc3c(C(F)(F)F)c(OC4CCC(C)CC4)ccc23)CC1. The molecule has 1 N–H and O–H groups in total. The molecule has 2 heterocycles. The molecule has 0 unspecified atom stereocenters. The van der Waals surface area contributed by atoms with Gasteiger partial charge in [-0.05, 0) is 160 Å². The van der Waals surface area contributed by atoms with Gasteiger partial charge in [-0.25, -0.2) is 0 Å². The normalized spacial score (nSPS) is 23.2. The maximum atomic E-state index is 14.2. The minimum Gasteiger partial charge on any atom is -0.490 e. The molecule has 14 heteroatoms. The van der Waals surface area contributed by atoms with Gasteiger partial charge < -0.3 is 19.3 Å². The second-order valence-corrected chi connectivity index (χ2v) is 18.9. The van der Waals surface area contributed by atoms with Gasteiger partial charge in [-0.1, -0.05) is 62.4 Å². The van der Waals surface area contributed by atoms with Crippen LogP contribution in [0, 0.1) is 23.7 Å². The number of hydrogen-bond donors (Lipinski definition) is 1. The molecule has 4 fully saturated rings. The summed E-state index contributed by atoms with van der Waals surface area (Å²) in [6, 6.07) is 16.6. The number of fused-ring (bicyclic) bond motifs is 2. The van der Waals surface area contributed by atoms with Gasteiger partial charge in [0.05, 0.1) is 31.2 Å². The Hall–Kier alpha value is -4.56. The van der Waals surface area contributed by atoms with Crippen molar-refractivity contribution in [2.75, 3.05) is 33.3 Å². The van der Waals surface area contributed by atoms with E-state index >= 15 is 0 Å². The molecule has 2 aliphatic carbocycles. The number of carboxylic acids is 1. The molecule has 4 aliphatic rings. The smallest absolute Gasteiger partial charge is 0.420 e. The van der Waals surface area contributed by atoms with Crippen LogP contribution in [0.1, 0.15) is 113 Å². The molecule has 0 amide bonds. The summed E-state index contributed by atoms with van der Waals surface area (Å²) in [5.74, 6) is -0.342. The fourth-order valence-electron chi connectivity index (χ4n) is 10.2. The molecule has 0 atom stereocenters. The Balaban J connectivity index is 0.000000194. The number of benzene rings is 4. The van der Waals surface area contributed by atoms with Crippen LogP contribution in [0.2, 0.25) is 0 Å². The van der Waals surface area contributed by atoms with Gasteiger partial charge >= 0.3 is 24.3 Å². The highest BCUT2D eigenvalue weighted by atomic mass is 19.4. The van der Waals surface area contributed by atoms with Crippen LogP contribution in [-0.4, -0.2) is 72.3 Å². The highest BCUT2D eigenvalue weighted by Gasteiger charge is 2.39. The van der Waals surface area contributed by atoms with Crippen LogP contribution in [0.3, 0.4) is 0 Å². The van der Waals surface area contributed by atoms with Gasteiger partial charge in [0.1, 0.15) is 22.6 Å². The molecule has 65 heavy (non-hydrogen) atoms. The number of likely N-dealkylation sites (tertiary alicyclic amines) is 2. The van der Waals surface area contributed by atoms with E-state index in [-0.39, 0.29) is 52.3 Å². The van der Waals surface area contributed by atoms with Crippen LogP contribution < -0.4 is 9.47 Å². The predicted octanol–water partition coefficient (Wildman–Crippen LogP) is 12.3. The van der Waals surface area contributed by atoms with Crippen LogP contribution >= 0.6 is 0 Å². The fraction of sp³-hybridized carbons (Fsp3) is 0.569. The summed E-state index contributed by atoms with van der Waals surface area (Å²) in [5, 5.41) is 10.7. The fourth-order valence-corrected chi connectivity index (χ4v) is 10.2. The number of esters is 1. The van der Waals surface area contributed by atoms with E-state index < -0.39 is 29.4 Å². The van der Waals surface area contributed by atoms with Gasteiger partial charge in [-0.15, -0.1) is 0 Å². The molecule has 8 rings (SSSR count). The number of piperidine rings is 2. The van der Waals surface area contributed by atoms with Gasteiger partial charge in [0.15, 0.2) is 0 Å². The van der Waals surface area contributed by atoms with Crippen molar-refractivity contribution in [1.82, 2.24) is 9.80 Å². The highest BCUT2D eigenvalue weighted by Crippen LogP contribution is 2.45. The van der Waals surface area contributed by atoms with E-state index in [0.717, 1.165) is 62.5 Å². The van der Waals surface area contributed by atoms with Gasteiger partial charge in [-0.2, -0.15) is 26.3 Å². The van der Waals surface area contributed by atoms with Crippen molar-refractivity contribution in [3.05, 3.63) is 82.9 Å². The van der Waals surface area contributed by atoms with E-state index in [1.54, 1.807) is 30.3 Å². The third kappa shape index (κ3) is 12.1. The lowest BCUT2D eigenvalue weighted by atomic mass is 9.89. The van der Waals surface area contributed by atoms with Crippen LogP contribution in [0.5, 0.6) is 11.5 Å². The molecular weight excluding hydrogens is 851 g/mol. The van der Waals surface area contributed by atoms with E-state index in [4.69, 9.17) is 14.2 Å². The quantitative estimate of drug-likeness (QED) is 0.124. The standard InChI is InChI=1S/C26H32F3NO3.C25H30F3NO3/c1-17-6-8-20(9-7-17)33-23-11-10-21-19(4-3-5-22(21)24(23)26(27,28)29)16-30-14-12-18(13-15-30)25(31)32-2;1-16-5-7-19(8-6-16)32-22-10-9-20-18(3-2-4-21(20)23(22)25(26,27)28)15-29-13-11-17(12-14-29)24(30)31/h3-5,10-11,17-18,20H,6-9,12-16H2,1-2H3;2-4,9-10,16-17,19H,5-8,11-15H2,1H3,(H,30,31). The van der Waals surface area contributed by atoms with Crippen molar-refractivity contribution in [1.29, 1.82) is 0 Å². The van der Waals surface area contributed by atoms with Crippen molar-refractivity contribution >= 4 is 33.5 Å². The largest absolute Gasteiger partial charge is 0.490 e. The van der Waals surface area contributed by atoms with E-state index in [1.165, 1.54) is 25.3 Å². The molecule has 2 saturated heterocycles. The second kappa shape index (κ2) is 20.9. The molecule has 0 radical (unpaired) electrons. The van der Waals surface area contributed by atoms with Crippen LogP contribution in [-0.2, 0) is 39.8 Å². The number of methoxy groups -OCH3 is 1. The Labute approximate surface area is 377 Å². The Morgan fingerprint density at radius 1 is 0.554 bits per heavy atom. The molecule has 354 valence electrons. The van der Waals surface area contributed by atoms with Crippen molar-refractivity contribution < 1.29 is 55.2 Å². The molecule has 8 nitrogen and oxygen atoms in total. The number of halogens is 6. The van der Waals surface area contributed by atoms with Gasteiger partial charge in [0.25, 0.3) is 0 Å². The summed E-state index contributed by atoms with van der Waals surface area (Å²) in [6.45, 7) is 8.06. The van der Waals surface area contributed by atoms with Crippen molar-refractivity contribution in [2.45, 2.75) is 129 Å². The van der Waals surface area contributed by atoms with Crippen molar-refractivity contribution in [3.8, 4) is 11.5 Å². The van der Waals surface area contributed by atoms with Crippen LogP contribution in [0.4, 0.5) is 26.3 Å². The lowest BCUT2D eigenvalue weighted by molar-refractivity contribution is -0.147. The number of carbonyl (C=O) groups is 2. The maximum Gasteiger partial charge on any atom is 0.420 e. The van der Waals surface area contributed by atoms with Gasteiger partial charge in [-0.3, -0.25) is 19.4 Å². The first kappa shape index (κ1) is 48.4. The number of nitrogens with zero attached hydrogens (tertiary/aromatic N) is 2. The number of carbonyl (C=O) groups excluding carboxylic acids is 1. The number of alkyl halides is 6. The minimum atomic E-state index is -4.52. The van der Waals surface area contributed by atoms with Gasteiger partial charge in [0.2, 0.25) is 0 Å². The zero-order chi connectivity index (χ0) is 46.5. The Morgan fingerprint density at radius 3 is 1.29 bits per heavy atom. The summed E-state index contributed by atoms with van der Waals surface area (Å²) in [7, 11) is 1.40. The number of carboxylic acid groups (broad SMARTS) is 1. The lowest BCUT2D eigenvalue weighted by Gasteiger charge is -2.31. The zero-order valence-electron chi connectivity index (χ0n) is 37.6. The number of aliphatic carboxylic acids is 1. The molecule has 0 bridgehead atoms. The topological polar surface area (TPSA) is 88.5 Å². The second-order valence-electron chi connectivity index (χ2n) is 18.9. The molecule has 0 aromatic heterocycles. The Kier molecular flexibility index (Phi) is 15.6. The Morgan fingerprint density at radius 2 is 0.938 bits per heavy atom. The summed E-state index contributed by atoms with van der Waals surface area (Å²) >= 11 is 0. The molecule has 4 aromatic carbocycles. The monoisotopic (exact) mass is 912 g/mol. The minimum absolute atomic E-state index is 0.0643. The van der Waals surface area contributed by atoms with Crippen LogP contribution in [0.25, 0.3) is 21.5 Å². The van der Waals surface area contributed by atoms with E-state index in [2.05, 4.69) is 23.6 Å². The van der Waals surface area contributed by atoms with E-state index in [0.29, 0.717) is 87.6 Å². The number of hydrogen-bond acceptors (Lipinski definition) is 7. The van der Waals surface area contributed by atoms with E-state index in [9.17, 15) is 41.0 Å². The zero-order valence-corrected chi connectivity index (χ0v) is 37.6. The number of rotatable bonds is 10. The summed E-state index contributed by atoms with van der Waals surface area (Å²) in [5.41, 5.74) is 0.303. The van der Waals surface area contributed by atoms with Crippen molar-refractivity contribution in [2.24, 2.45) is 23.7 Å². The molecule has 4 aromatic rings. The van der Waals surface area contributed by atoms with Crippen LogP contribution in [0.15, 0.2) is 60.7 Å². The first-order chi connectivity index (χ1) is 31.0. The average Bonchev–Trinajstić information content (AvgIpc) is 3.27. The third-order valence-corrected chi connectivity index (χ3v) is 14.2. The third-order valence-electron chi connectivity index (χ3n) is 14.2. The average molecular weight is 913 g/mol. The molecule has 0 spiro atoms.